The maximum Gasteiger partial charge on any atom is 0.242 e. The zero-order chi connectivity index (χ0) is 23.8. The normalized spacial score (nSPS) is 20.9. The highest BCUT2D eigenvalue weighted by molar-refractivity contribution is 7.94. The monoisotopic (exact) mass is 495 g/mol. The molecule has 0 bridgehead atoms. The van der Waals surface area contributed by atoms with Crippen LogP contribution in [0.15, 0.2) is 45.9 Å². The first-order valence-electron chi connectivity index (χ1n) is 11.0. The minimum Gasteiger partial charge on any atom is -0.468 e. The molecular formula is C22H29N3O6S2. The van der Waals surface area contributed by atoms with E-state index in [2.05, 4.69) is 16.5 Å². The molecule has 9 nitrogen and oxygen atoms in total. The van der Waals surface area contributed by atoms with Gasteiger partial charge in [0.05, 0.1) is 28.6 Å². The number of furan rings is 1. The minimum atomic E-state index is -3.98. The van der Waals surface area contributed by atoms with Crippen LogP contribution in [0.1, 0.15) is 43.6 Å². The van der Waals surface area contributed by atoms with Gasteiger partial charge in [0.25, 0.3) is 0 Å². The van der Waals surface area contributed by atoms with Crippen LogP contribution in [0, 0.1) is 12.8 Å². The van der Waals surface area contributed by atoms with E-state index in [0.29, 0.717) is 21.5 Å². The summed E-state index contributed by atoms with van der Waals surface area (Å²) in [5.41, 5.74) is 0.493. The predicted molar refractivity (Wildman–Crippen MR) is 124 cm³/mol. The van der Waals surface area contributed by atoms with E-state index in [1.54, 1.807) is 19.3 Å². The number of anilines is 1. The average Bonchev–Trinajstić information content (AvgIpc) is 3.38. The van der Waals surface area contributed by atoms with Crippen molar-refractivity contribution in [2.45, 2.75) is 44.0 Å². The number of nitrogens with zero attached hydrogens (tertiary/aromatic N) is 2. The first kappa shape index (κ1) is 23.9. The van der Waals surface area contributed by atoms with E-state index >= 15 is 0 Å². The molecule has 2 aromatic rings. The van der Waals surface area contributed by atoms with Gasteiger partial charge in [0.1, 0.15) is 5.76 Å². The maximum atomic E-state index is 13.3. The Balaban J connectivity index is 1.58. The minimum absolute atomic E-state index is 0.0380. The van der Waals surface area contributed by atoms with Gasteiger partial charge in [0.2, 0.25) is 26.0 Å². The number of sulfonamides is 2. The van der Waals surface area contributed by atoms with Crippen LogP contribution >= 0.6 is 0 Å². The SMILES string of the molecule is Cc1ccc(N2C(=O)CCS2(=O)=O)cc1S(=O)(=O)NC[C@@H](c1ccco1)N1CCC(C)CC1. The number of rotatable bonds is 7. The third kappa shape index (κ3) is 5.01. The van der Waals surface area contributed by atoms with Crippen LogP contribution < -0.4 is 9.03 Å². The van der Waals surface area contributed by atoms with E-state index in [9.17, 15) is 21.6 Å². The van der Waals surface area contributed by atoms with E-state index in [0.717, 1.165) is 25.9 Å². The van der Waals surface area contributed by atoms with Crippen molar-refractivity contribution in [2.24, 2.45) is 5.92 Å². The van der Waals surface area contributed by atoms with Crippen molar-refractivity contribution in [1.82, 2.24) is 9.62 Å². The van der Waals surface area contributed by atoms with Gasteiger partial charge in [-0.1, -0.05) is 13.0 Å². The number of piperidine rings is 1. The van der Waals surface area contributed by atoms with Crippen LogP contribution in [-0.2, 0) is 24.8 Å². The summed E-state index contributed by atoms with van der Waals surface area (Å²) in [5.74, 6) is 0.475. The first-order valence-corrected chi connectivity index (χ1v) is 14.1. The number of hydrogen-bond donors (Lipinski definition) is 1. The highest BCUT2D eigenvalue weighted by atomic mass is 32.2. The van der Waals surface area contributed by atoms with Crippen molar-refractivity contribution in [1.29, 1.82) is 0 Å². The summed E-state index contributed by atoms with van der Waals surface area (Å²) in [6.07, 6.45) is 3.52. The second-order valence-electron chi connectivity index (χ2n) is 8.78. The number of aryl methyl sites for hydroxylation is 1. The summed E-state index contributed by atoms with van der Waals surface area (Å²) in [7, 11) is -7.77. The molecule has 1 N–H and O–H groups in total. The number of amides is 1. The fourth-order valence-electron chi connectivity index (χ4n) is 4.37. The fraction of sp³-hybridized carbons (Fsp3) is 0.500. The van der Waals surface area contributed by atoms with Crippen LogP contribution in [0.2, 0.25) is 0 Å². The second-order valence-corrected chi connectivity index (χ2v) is 12.4. The molecule has 2 aliphatic rings. The van der Waals surface area contributed by atoms with Gasteiger partial charge in [0, 0.05) is 13.0 Å². The summed E-state index contributed by atoms with van der Waals surface area (Å²) in [4.78, 5) is 14.3. The predicted octanol–water partition coefficient (Wildman–Crippen LogP) is 2.41. The lowest BCUT2D eigenvalue weighted by molar-refractivity contribution is -0.116. The molecular weight excluding hydrogens is 466 g/mol. The summed E-state index contributed by atoms with van der Waals surface area (Å²) in [6.45, 7) is 5.64. The fourth-order valence-corrected chi connectivity index (χ4v) is 7.12. The Hall–Kier alpha value is -2.21. The van der Waals surface area contributed by atoms with Gasteiger partial charge in [-0.2, -0.15) is 0 Å². The van der Waals surface area contributed by atoms with Crippen LogP contribution in [0.4, 0.5) is 5.69 Å². The van der Waals surface area contributed by atoms with Crippen LogP contribution in [-0.4, -0.2) is 53.0 Å². The Kier molecular flexibility index (Phi) is 6.68. The van der Waals surface area contributed by atoms with E-state index in [1.807, 2.05) is 6.07 Å². The summed E-state index contributed by atoms with van der Waals surface area (Å²) >= 11 is 0. The molecule has 0 spiro atoms. The number of likely N-dealkylation sites (tertiary alicyclic amines) is 1. The lowest BCUT2D eigenvalue weighted by atomic mass is 9.97. The zero-order valence-corrected chi connectivity index (χ0v) is 20.4. The van der Waals surface area contributed by atoms with Gasteiger partial charge in [-0.15, -0.1) is 0 Å². The lowest BCUT2D eigenvalue weighted by Crippen LogP contribution is -2.41. The van der Waals surface area contributed by atoms with Gasteiger partial charge in [-0.25, -0.2) is 25.9 Å². The number of carbonyl (C=O) groups excluding carboxylic acids is 1. The molecule has 0 aliphatic carbocycles. The molecule has 0 radical (unpaired) electrons. The third-order valence-corrected chi connectivity index (χ3v) is 9.63. The molecule has 180 valence electrons. The maximum absolute atomic E-state index is 13.3. The molecule has 2 aliphatic heterocycles. The van der Waals surface area contributed by atoms with Gasteiger partial charge < -0.3 is 4.42 Å². The van der Waals surface area contributed by atoms with Crippen molar-refractivity contribution in [3.8, 4) is 0 Å². The highest BCUT2D eigenvalue weighted by Gasteiger charge is 2.37. The molecule has 3 heterocycles. The van der Waals surface area contributed by atoms with Crippen molar-refractivity contribution < 1.29 is 26.0 Å². The first-order chi connectivity index (χ1) is 15.6. The number of carbonyl (C=O) groups is 1. The Morgan fingerprint density at radius 3 is 2.55 bits per heavy atom. The number of hydrogen-bond acceptors (Lipinski definition) is 7. The largest absolute Gasteiger partial charge is 0.468 e. The summed E-state index contributed by atoms with van der Waals surface area (Å²) < 4.78 is 60.1. The molecule has 33 heavy (non-hydrogen) atoms. The molecule has 1 atom stereocenters. The molecule has 2 fully saturated rings. The van der Waals surface area contributed by atoms with Gasteiger partial charge in [-0.3, -0.25) is 9.69 Å². The van der Waals surface area contributed by atoms with E-state index in [-0.39, 0.29) is 35.3 Å². The topological polar surface area (TPSA) is 117 Å². The quantitative estimate of drug-likeness (QED) is 0.627. The van der Waals surface area contributed by atoms with E-state index < -0.39 is 26.0 Å². The Morgan fingerprint density at radius 1 is 1.21 bits per heavy atom. The second kappa shape index (κ2) is 9.21. The van der Waals surface area contributed by atoms with Crippen molar-refractivity contribution in [3.63, 3.8) is 0 Å². The molecule has 1 aromatic carbocycles. The Morgan fingerprint density at radius 2 is 1.94 bits per heavy atom. The van der Waals surface area contributed by atoms with Crippen molar-refractivity contribution in [3.05, 3.63) is 47.9 Å². The van der Waals surface area contributed by atoms with Crippen LogP contribution in [0.5, 0.6) is 0 Å². The van der Waals surface area contributed by atoms with Crippen LogP contribution in [0.25, 0.3) is 0 Å². The van der Waals surface area contributed by atoms with E-state index in [1.165, 1.54) is 18.2 Å². The molecule has 11 heteroatoms. The molecule has 4 rings (SSSR count). The van der Waals surface area contributed by atoms with Gasteiger partial charge >= 0.3 is 0 Å². The van der Waals surface area contributed by atoms with Gasteiger partial charge in [-0.05, 0) is 68.6 Å². The zero-order valence-electron chi connectivity index (χ0n) is 18.7. The Labute approximate surface area is 194 Å². The molecule has 0 unspecified atom stereocenters. The smallest absolute Gasteiger partial charge is 0.242 e. The number of benzene rings is 1. The Bertz CT molecular complexity index is 1220. The van der Waals surface area contributed by atoms with E-state index in [4.69, 9.17) is 4.42 Å². The average molecular weight is 496 g/mol. The molecule has 1 aromatic heterocycles. The van der Waals surface area contributed by atoms with Crippen LogP contribution in [0.3, 0.4) is 0 Å². The lowest BCUT2D eigenvalue weighted by Gasteiger charge is -2.35. The third-order valence-electron chi connectivity index (χ3n) is 6.37. The summed E-state index contributed by atoms with van der Waals surface area (Å²) in [6, 6.07) is 7.59. The highest BCUT2D eigenvalue weighted by Crippen LogP contribution is 2.30. The number of nitrogens with one attached hydrogen (secondary N) is 1. The molecule has 2 saturated heterocycles. The molecule has 1 amide bonds. The van der Waals surface area contributed by atoms with Crippen molar-refractivity contribution in [2.75, 3.05) is 29.7 Å². The van der Waals surface area contributed by atoms with Crippen molar-refractivity contribution >= 4 is 31.6 Å². The standard InChI is InChI=1S/C22H29N3O6S2/c1-16-7-10-24(11-8-16)19(20-4-3-12-31-20)15-23-33(29,30)21-14-18(6-5-17(21)2)25-22(26)9-13-32(25,27)28/h3-6,12,14,16,19,23H,7-11,13,15H2,1-2H3/t19-/m0/s1. The summed E-state index contributed by atoms with van der Waals surface area (Å²) in [5, 5.41) is 0. The molecule has 0 saturated carbocycles. The van der Waals surface area contributed by atoms with Gasteiger partial charge in [0.15, 0.2) is 0 Å².